The van der Waals surface area contributed by atoms with Crippen molar-refractivity contribution < 1.29 is 38.1 Å². The summed E-state index contributed by atoms with van der Waals surface area (Å²) in [4.78, 5) is 73.8. The summed E-state index contributed by atoms with van der Waals surface area (Å²) in [6.07, 6.45) is 1.15. The molecule has 9 atom stereocenters. The first-order valence-electron chi connectivity index (χ1n) is 22.2. The van der Waals surface area contributed by atoms with Crippen LogP contribution in [-0.4, -0.2) is 100 Å². The standard InChI is InChI=1S/C49H50N8O8/c1-23(2)39(54-48(60)63-4)46(58)56-20-24(21-62-3)15-34(56)44-50-19-33(52-44)27-11-13-29-28(16-27)22-65-35-18-30-26(17-31(29)35)12-14-32-41(30)53-45(51-32)43-38-36-37(38)42(36)57(43)47(59)40(55-49(61)64-5)25-9-7-6-8-10-25/h6-14,16-19,23-24,34,36-40,42-43H,15,20-22H2,1-5H3,(H,50,52)(H,51,53)(H,54,60)(H,55,61)/t24-,34-,36+,37?,38?,39-,40+,42?,43-/m0/s1. The number of piperidine rings is 1. The number of hydrogen-bond acceptors (Lipinski definition) is 10. The van der Waals surface area contributed by atoms with Gasteiger partial charge >= 0.3 is 12.2 Å². The van der Waals surface area contributed by atoms with Crippen LogP contribution in [0.1, 0.15) is 61.2 Å². The van der Waals surface area contributed by atoms with Gasteiger partial charge in [0.25, 0.3) is 5.91 Å². The Morgan fingerprint density at radius 3 is 2.40 bits per heavy atom. The van der Waals surface area contributed by atoms with Crippen molar-refractivity contribution in [2.24, 2.45) is 29.6 Å². The van der Waals surface area contributed by atoms with Gasteiger partial charge in [0.15, 0.2) is 0 Å². The maximum absolute atomic E-state index is 14.4. The van der Waals surface area contributed by atoms with Gasteiger partial charge in [0.2, 0.25) is 5.91 Å². The van der Waals surface area contributed by atoms with Crippen LogP contribution >= 0.6 is 0 Å². The molecular formula is C49H50N8O8. The zero-order chi connectivity index (χ0) is 44.8. The van der Waals surface area contributed by atoms with Crippen molar-refractivity contribution in [2.45, 2.75) is 57.1 Å². The summed E-state index contributed by atoms with van der Waals surface area (Å²) >= 11 is 0. The van der Waals surface area contributed by atoms with Crippen molar-refractivity contribution in [1.29, 1.82) is 0 Å². The van der Waals surface area contributed by atoms with Gasteiger partial charge in [0, 0.05) is 36.6 Å². The fourth-order valence-corrected chi connectivity index (χ4v) is 11.0. The normalized spacial score (nSPS) is 24.2. The molecule has 4 aromatic carbocycles. The third-order valence-electron chi connectivity index (χ3n) is 14.2. The van der Waals surface area contributed by atoms with Gasteiger partial charge in [0.1, 0.15) is 36.1 Å². The largest absolute Gasteiger partial charge is 0.488 e. The molecule has 2 aromatic heterocycles. The first-order valence-corrected chi connectivity index (χ1v) is 22.2. The smallest absolute Gasteiger partial charge is 0.407 e. The number of hydrogen-bond donors (Lipinski definition) is 4. The molecule has 2 saturated carbocycles. The van der Waals surface area contributed by atoms with E-state index in [0.717, 1.165) is 61.3 Å². The molecule has 2 bridgehead atoms. The van der Waals surface area contributed by atoms with E-state index in [2.05, 4.69) is 57.0 Å². The van der Waals surface area contributed by atoms with Crippen LogP contribution in [0.2, 0.25) is 0 Å². The van der Waals surface area contributed by atoms with Crippen molar-refractivity contribution in [3.8, 4) is 28.1 Å². The Morgan fingerprint density at radius 1 is 0.862 bits per heavy atom. The molecule has 0 spiro atoms. The second kappa shape index (κ2) is 15.6. The van der Waals surface area contributed by atoms with Gasteiger partial charge in [-0.25, -0.2) is 19.6 Å². The van der Waals surface area contributed by atoms with E-state index in [-0.39, 0.29) is 41.8 Å². The van der Waals surface area contributed by atoms with Crippen LogP contribution < -0.4 is 15.4 Å². The van der Waals surface area contributed by atoms with E-state index in [1.54, 1.807) is 18.2 Å². The Balaban J connectivity index is 0.857. The molecule has 5 fully saturated rings. The molecule has 3 unspecified atom stereocenters. The number of fused-ring (bicyclic) bond motifs is 7. The highest BCUT2D eigenvalue weighted by Gasteiger charge is 2.86. The summed E-state index contributed by atoms with van der Waals surface area (Å²) in [6, 6.07) is 21.9. The predicted molar refractivity (Wildman–Crippen MR) is 238 cm³/mol. The molecule has 65 heavy (non-hydrogen) atoms. The number of ether oxygens (including phenoxy) is 4. The van der Waals surface area contributed by atoms with Gasteiger partial charge in [-0.15, -0.1) is 0 Å². The number of nitrogens with one attached hydrogen (secondary N) is 4. The molecule has 16 heteroatoms. The first kappa shape index (κ1) is 40.8. The molecule has 12 rings (SSSR count). The topological polar surface area (TPSA) is 193 Å². The molecule has 6 aliphatic rings. The van der Waals surface area contributed by atoms with E-state index in [1.165, 1.54) is 14.2 Å². The average Bonchev–Trinajstić information content (AvgIpc) is 3.74. The van der Waals surface area contributed by atoms with Gasteiger partial charge in [0.05, 0.1) is 55.8 Å². The summed E-state index contributed by atoms with van der Waals surface area (Å²) in [5.74, 6) is 3.03. The minimum absolute atomic E-state index is 0.104. The lowest BCUT2D eigenvalue weighted by Crippen LogP contribution is -2.51. The number of methoxy groups -OCH3 is 3. The van der Waals surface area contributed by atoms with Crippen LogP contribution in [0.15, 0.2) is 79.0 Å². The maximum Gasteiger partial charge on any atom is 0.407 e. The fraction of sp³-hybridized carbons (Fsp3) is 0.388. The number of aromatic amines is 2. The van der Waals surface area contributed by atoms with E-state index in [9.17, 15) is 19.2 Å². The molecule has 334 valence electrons. The van der Waals surface area contributed by atoms with Crippen LogP contribution in [0.5, 0.6) is 5.75 Å². The molecule has 2 aliphatic carbocycles. The number of aromatic nitrogens is 4. The van der Waals surface area contributed by atoms with Gasteiger partial charge in [-0.2, -0.15) is 0 Å². The molecule has 4 aliphatic heterocycles. The molecule has 6 heterocycles. The number of amides is 4. The Labute approximate surface area is 374 Å². The van der Waals surface area contributed by atoms with Crippen LogP contribution in [0.3, 0.4) is 0 Å². The van der Waals surface area contributed by atoms with E-state index in [1.807, 2.05) is 55.1 Å². The number of alkyl carbamates (subject to hydrolysis) is 2. The number of carbonyl (C=O) groups is 4. The fourth-order valence-electron chi connectivity index (χ4n) is 11.0. The highest BCUT2D eigenvalue weighted by Crippen LogP contribution is 2.81. The zero-order valence-electron chi connectivity index (χ0n) is 36.7. The van der Waals surface area contributed by atoms with Gasteiger partial charge < -0.3 is 49.3 Å². The van der Waals surface area contributed by atoms with Gasteiger partial charge in [-0.3, -0.25) is 9.59 Å². The lowest BCUT2D eigenvalue weighted by molar-refractivity contribution is -0.136. The van der Waals surface area contributed by atoms with Crippen LogP contribution in [-0.2, 0) is 30.4 Å². The van der Waals surface area contributed by atoms with Gasteiger partial charge in [-0.1, -0.05) is 62.4 Å². The average molecular weight is 879 g/mol. The molecular weight excluding hydrogens is 829 g/mol. The van der Waals surface area contributed by atoms with Crippen LogP contribution in [0, 0.1) is 29.6 Å². The lowest BCUT2D eigenvalue weighted by atomic mass is 9.92. The molecule has 0 radical (unpaired) electrons. The third kappa shape index (κ3) is 6.75. The minimum atomic E-state index is -0.883. The Hall–Kier alpha value is -6.94. The van der Waals surface area contributed by atoms with Crippen LogP contribution in [0.25, 0.3) is 44.2 Å². The number of nitrogens with zero attached hydrogens (tertiary/aromatic N) is 4. The highest BCUT2D eigenvalue weighted by molar-refractivity contribution is 6.07. The van der Waals surface area contributed by atoms with Crippen molar-refractivity contribution in [3.63, 3.8) is 0 Å². The van der Waals surface area contributed by atoms with E-state index in [4.69, 9.17) is 28.9 Å². The second-order valence-corrected chi connectivity index (χ2v) is 18.3. The zero-order valence-corrected chi connectivity index (χ0v) is 36.7. The number of likely N-dealkylation sites (tertiary alicyclic amines) is 1. The highest BCUT2D eigenvalue weighted by atomic mass is 16.5. The molecule has 16 nitrogen and oxygen atoms in total. The summed E-state index contributed by atoms with van der Waals surface area (Å²) in [5.41, 5.74) is 7.23. The van der Waals surface area contributed by atoms with Crippen molar-refractivity contribution >= 4 is 45.8 Å². The van der Waals surface area contributed by atoms with Gasteiger partial charge in [-0.05, 0) is 82.0 Å². The van der Waals surface area contributed by atoms with Crippen molar-refractivity contribution in [2.75, 3.05) is 34.5 Å². The summed E-state index contributed by atoms with van der Waals surface area (Å²) in [5, 5.41) is 7.47. The number of rotatable bonds is 11. The predicted octanol–water partition coefficient (Wildman–Crippen LogP) is 6.81. The molecule has 4 amide bonds. The Morgan fingerprint density at radius 2 is 1.65 bits per heavy atom. The summed E-state index contributed by atoms with van der Waals surface area (Å²) in [7, 11) is 4.24. The first-order chi connectivity index (χ1) is 31.6. The lowest BCUT2D eigenvalue weighted by Gasteiger charge is -2.30. The number of carbonyl (C=O) groups excluding carboxylic acids is 4. The SMILES string of the molecule is COC[C@H]1C[C@@H](c2ncc(-c3ccc4c(c3)COc3cc5c(ccc6[nH]c([C@@H]7C8C9C([C@H]98)N7C(=O)[C@H](NC(=O)OC)c7ccccc7)nc65)cc3-4)[nH]2)N(C(=O)[C@@H](NC(=O)OC)C(C)C)C1. The van der Waals surface area contributed by atoms with E-state index in [0.29, 0.717) is 55.3 Å². The number of benzene rings is 4. The number of H-pyrrole nitrogens is 2. The molecule has 3 saturated heterocycles. The Kier molecular flexibility index (Phi) is 9.82. The van der Waals surface area contributed by atoms with Crippen molar-refractivity contribution in [3.05, 3.63) is 102 Å². The monoisotopic (exact) mass is 878 g/mol. The molecule has 4 N–H and O–H groups in total. The minimum Gasteiger partial charge on any atom is -0.488 e. The second-order valence-electron chi connectivity index (χ2n) is 18.3. The van der Waals surface area contributed by atoms with E-state index < -0.39 is 24.3 Å². The summed E-state index contributed by atoms with van der Waals surface area (Å²) in [6.45, 7) is 5.13. The summed E-state index contributed by atoms with van der Waals surface area (Å²) < 4.78 is 21.7. The van der Waals surface area contributed by atoms with Crippen LogP contribution in [0.4, 0.5) is 9.59 Å². The maximum atomic E-state index is 14.4. The molecule has 6 aromatic rings. The van der Waals surface area contributed by atoms with Crippen molar-refractivity contribution in [1.82, 2.24) is 40.4 Å². The number of imidazole rings is 2. The Bertz CT molecular complexity index is 2890. The quantitative estimate of drug-likeness (QED) is 0.108. The third-order valence-corrected chi connectivity index (χ3v) is 14.2. The van der Waals surface area contributed by atoms with E-state index >= 15 is 0 Å².